The maximum absolute atomic E-state index is 13.4. The quantitative estimate of drug-likeness (QED) is 0.900. The smallest absolute Gasteiger partial charge is 0.123 e. The Morgan fingerprint density at radius 3 is 2.78 bits per heavy atom. The molecule has 96 valence electrons. The maximum Gasteiger partial charge on any atom is 0.123 e. The predicted octanol–water partition coefficient (Wildman–Crippen LogP) is 2.99. The number of nitrogens with one attached hydrogen (secondary N) is 1. The number of nitrogens with zero attached hydrogens (tertiary/aromatic N) is 2. The normalized spacial score (nSPS) is 12.7. The third-order valence-corrected chi connectivity index (χ3v) is 2.94. The molecule has 0 amide bonds. The van der Waals surface area contributed by atoms with Gasteiger partial charge >= 0.3 is 0 Å². The highest BCUT2D eigenvalue weighted by Crippen LogP contribution is 2.22. The Hall–Kier alpha value is -1.68. The van der Waals surface area contributed by atoms with E-state index in [1.54, 1.807) is 16.8 Å². The highest BCUT2D eigenvalue weighted by molar-refractivity contribution is 5.42. The Morgan fingerprint density at radius 1 is 1.39 bits per heavy atom. The van der Waals surface area contributed by atoms with Gasteiger partial charge in [0.05, 0.1) is 11.4 Å². The molecular weight excluding hydrogens is 229 g/mol. The molecule has 0 aliphatic heterocycles. The lowest BCUT2D eigenvalue weighted by molar-refractivity contribution is 0.578. The highest BCUT2D eigenvalue weighted by Gasteiger charge is 2.12. The number of halogens is 1. The Labute approximate surface area is 107 Å². The SMILES string of the molecule is CCNC(C)c1cc(F)ccc1-n1ccc(C)n1. The zero-order valence-corrected chi connectivity index (χ0v) is 10.9. The molecule has 0 saturated heterocycles. The molecule has 1 aromatic heterocycles. The van der Waals surface area contributed by atoms with E-state index in [1.165, 1.54) is 6.07 Å². The molecule has 3 nitrogen and oxygen atoms in total. The summed E-state index contributed by atoms with van der Waals surface area (Å²) in [5.41, 5.74) is 2.78. The van der Waals surface area contributed by atoms with Crippen LogP contribution in [-0.4, -0.2) is 16.3 Å². The fourth-order valence-electron chi connectivity index (χ4n) is 2.05. The topological polar surface area (TPSA) is 29.9 Å². The monoisotopic (exact) mass is 247 g/mol. The molecule has 2 aromatic rings. The maximum atomic E-state index is 13.4. The lowest BCUT2D eigenvalue weighted by atomic mass is 10.1. The molecule has 4 heteroatoms. The van der Waals surface area contributed by atoms with Crippen LogP contribution in [0.1, 0.15) is 31.1 Å². The number of benzene rings is 1. The van der Waals surface area contributed by atoms with E-state index in [9.17, 15) is 4.39 Å². The summed E-state index contributed by atoms with van der Waals surface area (Å²) in [6.07, 6.45) is 1.89. The third-order valence-electron chi connectivity index (χ3n) is 2.94. The van der Waals surface area contributed by atoms with E-state index in [-0.39, 0.29) is 11.9 Å². The van der Waals surface area contributed by atoms with Crippen LogP contribution in [0.2, 0.25) is 0 Å². The second-order valence-corrected chi connectivity index (χ2v) is 4.38. The lowest BCUT2D eigenvalue weighted by Crippen LogP contribution is -2.19. The van der Waals surface area contributed by atoms with Crippen molar-refractivity contribution in [1.82, 2.24) is 15.1 Å². The number of rotatable bonds is 4. The minimum Gasteiger partial charge on any atom is -0.310 e. The fraction of sp³-hybridized carbons (Fsp3) is 0.357. The molecular formula is C14H18FN3. The van der Waals surface area contributed by atoms with Crippen molar-refractivity contribution in [2.75, 3.05) is 6.54 Å². The largest absolute Gasteiger partial charge is 0.310 e. The summed E-state index contributed by atoms with van der Waals surface area (Å²) in [5.74, 6) is -0.220. The minimum absolute atomic E-state index is 0.0882. The van der Waals surface area contributed by atoms with E-state index < -0.39 is 0 Å². The number of hydrogen-bond acceptors (Lipinski definition) is 2. The van der Waals surface area contributed by atoms with Crippen LogP contribution in [0.4, 0.5) is 4.39 Å². The van der Waals surface area contributed by atoms with Crippen LogP contribution in [0, 0.1) is 12.7 Å². The number of hydrogen-bond donors (Lipinski definition) is 1. The van der Waals surface area contributed by atoms with Gasteiger partial charge in [-0.3, -0.25) is 0 Å². The van der Waals surface area contributed by atoms with Crippen molar-refractivity contribution in [2.24, 2.45) is 0 Å². The van der Waals surface area contributed by atoms with Crippen LogP contribution in [0.5, 0.6) is 0 Å². The van der Waals surface area contributed by atoms with Crippen molar-refractivity contribution in [3.05, 3.63) is 47.5 Å². The van der Waals surface area contributed by atoms with Crippen LogP contribution in [0.15, 0.2) is 30.5 Å². The standard InChI is InChI=1S/C14H18FN3/c1-4-16-11(3)13-9-12(15)5-6-14(13)18-8-7-10(2)17-18/h5-9,11,16H,4H2,1-3H3. The highest BCUT2D eigenvalue weighted by atomic mass is 19.1. The van der Waals surface area contributed by atoms with Gasteiger partial charge < -0.3 is 5.32 Å². The average Bonchev–Trinajstić information content (AvgIpc) is 2.76. The summed E-state index contributed by atoms with van der Waals surface area (Å²) >= 11 is 0. The molecule has 1 aromatic carbocycles. The van der Waals surface area contributed by atoms with Crippen LogP contribution in [-0.2, 0) is 0 Å². The molecule has 2 rings (SSSR count). The number of aromatic nitrogens is 2. The van der Waals surface area contributed by atoms with Crippen LogP contribution >= 0.6 is 0 Å². The van der Waals surface area contributed by atoms with Crippen molar-refractivity contribution in [3.8, 4) is 5.69 Å². The summed E-state index contributed by atoms with van der Waals surface area (Å²) in [7, 11) is 0. The summed E-state index contributed by atoms with van der Waals surface area (Å²) in [6, 6.07) is 6.83. The second-order valence-electron chi connectivity index (χ2n) is 4.38. The molecule has 1 N–H and O–H groups in total. The zero-order valence-electron chi connectivity index (χ0n) is 10.9. The van der Waals surface area contributed by atoms with Crippen molar-refractivity contribution in [1.29, 1.82) is 0 Å². The summed E-state index contributed by atoms with van der Waals surface area (Å²) in [5, 5.41) is 7.68. The molecule has 0 bridgehead atoms. The second kappa shape index (κ2) is 5.31. The van der Waals surface area contributed by atoms with Gasteiger partial charge in [-0.2, -0.15) is 5.10 Å². The van der Waals surface area contributed by atoms with Gasteiger partial charge in [0, 0.05) is 12.2 Å². The lowest BCUT2D eigenvalue weighted by Gasteiger charge is -2.17. The molecule has 0 spiro atoms. The third kappa shape index (κ3) is 2.59. The molecule has 0 aliphatic carbocycles. The molecule has 0 saturated carbocycles. The van der Waals surface area contributed by atoms with Crippen LogP contribution < -0.4 is 5.32 Å². The van der Waals surface area contributed by atoms with Crippen molar-refractivity contribution in [3.63, 3.8) is 0 Å². The van der Waals surface area contributed by atoms with Gasteiger partial charge in [-0.1, -0.05) is 6.92 Å². The first-order valence-corrected chi connectivity index (χ1v) is 6.17. The zero-order chi connectivity index (χ0) is 13.1. The van der Waals surface area contributed by atoms with E-state index in [2.05, 4.69) is 10.4 Å². The summed E-state index contributed by atoms with van der Waals surface area (Å²) in [6.45, 7) is 6.84. The van der Waals surface area contributed by atoms with Gasteiger partial charge in [-0.15, -0.1) is 0 Å². The first kappa shape index (κ1) is 12.8. The first-order chi connectivity index (χ1) is 8.61. The molecule has 18 heavy (non-hydrogen) atoms. The van der Waals surface area contributed by atoms with Gasteiger partial charge in [0.15, 0.2) is 0 Å². The van der Waals surface area contributed by atoms with E-state index in [0.717, 1.165) is 23.5 Å². The number of aryl methyl sites for hydroxylation is 1. The van der Waals surface area contributed by atoms with Crippen LogP contribution in [0.3, 0.4) is 0 Å². The van der Waals surface area contributed by atoms with Crippen molar-refractivity contribution < 1.29 is 4.39 Å². The van der Waals surface area contributed by atoms with Gasteiger partial charge in [-0.25, -0.2) is 9.07 Å². The van der Waals surface area contributed by atoms with Gasteiger partial charge in [0.1, 0.15) is 5.82 Å². The molecule has 0 radical (unpaired) electrons. The Bertz CT molecular complexity index is 534. The predicted molar refractivity (Wildman–Crippen MR) is 70.4 cm³/mol. The van der Waals surface area contributed by atoms with E-state index in [1.807, 2.05) is 33.0 Å². The van der Waals surface area contributed by atoms with Gasteiger partial charge in [-0.05, 0) is 50.2 Å². The summed E-state index contributed by atoms with van der Waals surface area (Å²) in [4.78, 5) is 0. The van der Waals surface area contributed by atoms with Crippen molar-refractivity contribution in [2.45, 2.75) is 26.8 Å². The van der Waals surface area contributed by atoms with Gasteiger partial charge in [0.2, 0.25) is 0 Å². The van der Waals surface area contributed by atoms with E-state index in [4.69, 9.17) is 0 Å². The molecule has 0 aliphatic rings. The Kier molecular flexibility index (Phi) is 3.77. The van der Waals surface area contributed by atoms with Crippen molar-refractivity contribution >= 4 is 0 Å². The average molecular weight is 247 g/mol. The van der Waals surface area contributed by atoms with E-state index in [0.29, 0.717) is 0 Å². The Morgan fingerprint density at radius 2 is 2.17 bits per heavy atom. The fourth-order valence-corrected chi connectivity index (χ4v) is 2.05. The minimum atomic E-state index is -0.220. The first-order valence-electron chi connectivity index (χ1n) is 6.17. The molecule has 0 fully saturated rings. The Balaban J connectivity index is 2.46. The van der Waals surface area contributed by atoms with Crippen LogP contribution in [0.25, 0.3) is 5.69 Å². The molecule has 1 atom stereocenters. The molecule has 1 unspecified atom stereocenters. The summed E-state index contributed by atoms with van der Waals surface area (Å²) < 4.78 is 15.2. The van der Waals surface area contributed by atoms with Gasteiger partial charge in [0.25, 0.3) is 0 Å². The molecule has 1 heterocycles. The van der Waals surface area contributed by atoms with E-state index >= 15 is 0 Å².